The molecule has 0 radical (unpaired) electrons. The molecule has 11 nitrogen and oxygen atoms in total. The Kier molecular flexibility index (Phi) is 16.8. The Labute approximate surface area is 524 Å². The molecule has 0 saturated carbocycles. The molecule has 0 saturated heterocycles. The third-order valence-electron chi connectivity index (χ3n) is 15.6. The zero-order chi connectivity index (χ0) is 62.4. The molecule has 14 rings (SSSR count). The van der Waals surface area contributed by atoms with Gasteiger partial charge < -0.3 is 17.7 Å². The molecule has 444 valence electrons. The van der Waals surface area contributed by atoms with Crippen molar-refractivity contribution in [2.24, 2.45) is 0 Å². The van der Waals surface area contributed by atoms with Crippen molar-refractivity contribution in [3.05, 3.63) is 271 Å². The van der Waals surface area contributed by atoms with Gasteiger partial charge in [0, 0.05) is 44.8 Å². The van der Waals surface area contributed by atoms with Crippen molar-refractivity contribution in [2.45, 2.75) is 78.6 Å². The van der Waals surface area contributed by atoms with Gasteiger partial charge in [0.25, 0.3) is 0 Å². The highest BCUT2D eigenvalue weighted by Crippen LogP contribution is 2.34. The number of aromatic nitrogens is 7. The average molecular weight is 1180 g/mol. The molecule has 0 amide bonds. The maximum atomic E-state index is 6.00. The molecule has 4 aromatic heterocycles. The first-order chi connectivity index (χ1) is 43.4. The van der Waals surface area contributed by atoms with E-state index in [4.69, 9.17) is 17.7 Å². The summed E-state index contributed by atoms with van der Waals surface area (Å²) in [6.07, 6.45) is 3.91. The molecule has 0 spiro atoms. The van der Waals surface area contributed by atoms with Gasteiger partial charge in [-0.05, 0) is 151 Å². The van der Waals surface area contributed by atoms with Gasteiger partial charge in [0.1, 0.15) is 5.52 Å². The third kappa shape index (κ3) is 13.9. The Bertz CT molecular complexity index is 4560. The number of oxazole rings is 1. The lowest BCUT2D eigenvalue weighted by Gasteiger charge is -2.18. The molecular weight excluding hydrogens is 1110 g/mol. The molecule has 0 fully saturated rings. The summed E-state index contributed by atoms with van der Waals surface area (Å²) >= 11 is 0. The van der Waals surface area contributed by atoms with E-state index in [9.17, 15) is 0 Å². The second-order valence-corrected chi connectivity index (χ2v) is 25.2. The third-order valence-corrected chi connectivity index (χ3v) is 15.6. The molecule has 0 unspecified atom stereocenters. The van der Waals surface area contributed by atoms with E-state index in [0.717, 1.165) is 72.1 Å². The van der Waals surface area contributed by atoms with Crippen LogP contribution >= 0.6 is 0 Å². The minimum Gasteiger partial charge on any atom is -0.437 e. The predicted molar refractivity (Wildman–Crippen MR) is 363 cm³/mol. The van der Waals surface area contributed by atoms with Crippen LogP contribution in [-0.2, 0) is 16.2 Å². The highest BCUT2D eigenvalue weighted by Gasteiger charge is 2.19. The van der Waals surface area contributed by atoms with Crippen molar-refractivity contribution in [1.82, 2.24) is 35.6 Å². The van der Waals surface area contributed by atoms with E-state index >= 15 is 0 Å². The van der Waals surface area contributed by atoms with E-state index in [2.05, 4.69) is 213 Å². The normalized spacial score (nSPS) is 11.8. The summed E-state index contributed by atoms with van der Waals surface area (Å²) in [5.74, 6) is 3.71. The summed E-state index contributed by atoms with van der Waals surface area (Å²) in [7, 11) is 0. The molecule has 0 aliphatic rings. The van der Waals surface area contributed by atoms with E-state index in [1.54, 1.807) is 0 Å². The zero-order valence-electron chi connectivity index (χ0n) is 52.0. The summed E-state index contributed by atoms with van der Waals surface area (Å²) in [4.78, 5) is 4.60. The second kappa shape index (κ2) is 25.4. The van der Waals surface area contributed by atoms with E-state index in [1.165, 1.54) is 27.6 Å². The van der Waals surface area contributed by atoms with Crippen LogP contribution in [0.4, 0.5) is 0 Å². The largest absolute Gasteiger partial charge is 0.437 e. The number of hydrogen-bond donors (Lipinski definition) is 0. The topological polar surface area (TPSA) is 143 Å². The summed E-state index contributed by atoms with van der Waals surface area (Å²) in [5, 5.41) is 27.8. The predicted octanol–water partition coefficient (Wildman–Crippen LogP) is 20.9. The Morgan fingerprint density at radius 1 is 0.267 bits per heavy atom. The number of hydrogen-bond acceptors (Lipinski definition) is 11. The monoisotopic (exact) mass is 1180 g/mol. The number of rotatable bonds is 10. The molecule has 0 aliphatic carbocycles. The molecule has 0 bridgehead atoms. The van der Waals surface area contributed by atoms with E-state index in [-0.39, 0.29) is 16.2 Å². The van der Waals surface area contributed by atoms with Crippen LogP contribution in [0.1, 0.15) is 90.5 Å². The molecule has 0 atom stereocenters. The average Bonchev–Trinajstić information content (AvgIpc) is 1.76. The van der Waals surface area contributed by atoms with Crippen molar-refractivity contribution < 1.29 is 17.7 Å². The van der Waals surface area contributed by atoms with Gasteiger partial charge in [-0.15, -0.1) is 30.6 Å². The highest BCUT2D eigenvalue weighted by atomic mass is 16.4. The van der Waals surface area contributed by atoms with Crippen molar-refractivity contribution in [3.63, 3.8) is 0 Å². The van der Waals surface area contributed by atoms with Crippen molar-refractivity contribution in [1.29, 1.82) is 0 Å². The Morgan fingerprint density at radius 2 is 0.567 bits per heavy atom. The van der Waals surface area contributed by atoms with Crippen LogP contribution in [0.15, 0.2) is 260 Å². The molecular formula is C79H69N7O4. The van der Waals surface area contributed by atoms with Crippen molar-refractivity contribution >= 4 is 34.0 Å². The molecule has 0 N–H and O–H groups in total. The lowest BCUT2D eigenvalue weighted by molar-refractivity contribution is 0.582. The van der Waals surface area contributed by atoms with E-state index in [1.807, 2.05) is 140 Å². The molecule has 14 aromatic rings. The molecule has 0 aliphatic heterocycles. The summed E-state index contributed by atoms with van der Waals surface area (Å²) in [6, 6.07) is 82.0. The molecule has 11 heteroatoms. The van der Waals surface area contributed by atoms with Crippen molar-refractivity contribution in [3.8, 4) is 91.0 Å². The van der Waals surface area contributed by atoms with Gasteiger partial charge in [0.2, 0.25) is 41.2 Å². The molecule has 90 heavy (non-hydrogen) atoms. The summed E-state index contributed by atoms with van der Waals surface area (Å²) in [6.45, 7) is 19.8. The van der Waals surface area contributed by atoms with Crippen LogP contribution < -0.4 is 0 Å². The van der Waals surface area contributed by atoms with Gasteiger partial charge in [-0.3, -0.25) is 0 Å². The second-order valence-electron chi connectivity index (χ2n) is 25.2. The van der Waals surface area contributed by atoms with Gasteiger partial charge in [-0.1, -0.05) is 226 Å². The first-order valence-electron chi connectivity index (χ1n) is 30.2. The fraction of sp³-hybridized carbons (Fsp3) is 0.152. The van der Waals surface area contributed by atoms with E-state index in [0.29, 0.717) is 41.2 Å². The van der Waals surface area contributed by atoms with Gasteiger partial charge >= 0.3 is 0 Å². The first kappa shape index (κ1) is 59.4. The Hall–Kier alpha value is -10.9. The van der Waals surface area contributed by atoms with Crippen molar-refractivity contribution in [2.75, 3.05) is 0 Å². The van der Waals surface area contributed by atoms with E-state index < -0.39 is 0 Å². The van der Waals surface area contributed by atoms with Crippen LogP contribution in [-0.4, -0.2) is 35.6 Å². The van der Waals surface area contributed by atoms with Gasteiger partial charge in [0.05, 0.1) is 0 Å². The SMILES string of the molecule is C(=Cc1nc2c(ccc3ccccc32)o1)c1ccccc1.CC(C)(C)c1ccc(-c2nnc(-c3ccc(-c4ccc(-c5nnc(-c6ccc(C(C)(C)C)cc6)o5)cc4)cc3)o2)cc1.CC(C)(C)c1ccc(-c2nnc(-c3ccc(-c4ccccc4)cc3)o2)cc1. The van der Waals surface area contributed by atoms with Crippen LogP contribution in [0.3, 0.4) is 0 Å². The van der Waals surface area contributed by atoms with Gasteiger partial charge in [-0.25, -0.2) is 4.98 Å². The first-order valence-corrected chi connectivity index (χ1v) is 30.2. The molecule has 10 aromatic carbocycles. The number of fused-ring (bicyclic) bond motifs is 3. The fourth-order valence-electron chi connectivity index (χ4n) is 10.2. The summed E-state index contributed by atoms with van der Waals surface area (Å²) < 4.78 is 23.7. The fourth-order valence-corrected chi connectivity index (χ4v) is 10.2. The Balaban J connectivity index is 0.000000140. The Morgan fingerprint density at radius 3 is 0.922 bits per heavy atom. The number of nitrogens with zero attached hydrogens (tertiary/aromatic N) is 7. The van der Waals surface area contributed by atoms with Crippen LogP contribution in [0.25, 0.3) is 125 Å². The minimum absolute atomic E-state index is 0.0936. The lowest BCUT2D eigenvalue weighted by atomic mass is 9.87. The van der Waals surface area contributed by atoms with Crippen LogP contribution in [0.5, 0.6) is 0 Å². The summed E-state index contributed by atoms with van der Waals surface area (Å²) in [5.41, 5.74) is 16.9. The standard InChI is InChI=1S/C36H34N4O2.C24H22N2O.C19H13NO/c1-35(2,3)29-19-15-27(16-20-29)33-39-37-31(41-33)25-11-7-23(8-12-25)24-9-13-26(14-10-24)32-38-40-34(42-32)28-17-21-30(22-18-28)36(4,5)6;1-24(2,3)21-15-13-20(14-16-21)23-26-25-22(27-23)19-11-9-18(10-12-19)17-7-5-4-6-8-17;1-2-6-14(7-3-1)10-13-18-20-19-16-9-5-4-8-15(16)11-12-17(19)21-18/h7-22H,1-6H3;4-16H,1-3H3;1-13H. The smallest absolute Gasteiger partial charge is 0.248 e. The van der Waals surface area contributed by atoms with Gasteiger partial charge in [0.15, 0.2) is 5.58 Å². The quantitative estimate of drug-likeness (QED) is 0.129. The zero-order valence-corrected chi connectivity index (χ0v) is 52.0. The number of benzene rings is 10. The molecule has 4 heterocycles. The lowest BCUT2D eigenvalue weighted by Crippen LogP contribution is -2.10. The van der Waals surface area contributed by atoms with Crippen LogP contribution in [0, 0.1) is 0 Å². The maximum Gasteiger partial charge on any atom is 0.248 e. The van der Waals surface area contributed by atoms with Gasteiger partial charge in [-0.2, -0.15) is 0 Å². The minimum atomic E-state index is 0.0936. The van der Waals surface area contributed by atoms with Crippen LogP contribution in [0.2, 0.25) is 0 Å². The highest BCUT2D eigenvalue weighted by molar-refractivity contribution is 6.03. The maximum absolute atomic E-state index is 6.00.